The molecule has 0 aliphatic carbocycles. The molecule has 1 N–H and O–H groups in total. The van der Waals surface area contributed by atoms with Gasteiger partial charge in [0.2, 0.25) is 0 Å². The van der Waals surface area contributed by atoms with Crippen LogP contribution in [0.2, 0.25) is 0 Å². The first-order valence-corrected chi connectivity index (χ1v) is 7.46. The van der Waals surface area contributed by atoms with E-state index in [1.807, 2.05) is 6.07 Å². The van der Waals surface area contributed by atoms with E-state index >= 15 is 0 Å². The van der Waals surface area contributed by atoms with Gasteiger partial charge in [-0.15, -0.1) is 0 Å². The maximum Gasteiger partial charge on any atom is 0.339 e. The van der Waals surface area contributed by atoms with Crippen LogP contribution in [0.3, 0.4) is 0 Å². The lowest BCUT2D eigenvalue weighted by molar-refractivity contribution is -0.136. The molecule has 0 fully saturated rings. The molecule has 0 saturated heterocycles. The van der Waals surface area contributed by atoms with Gasteiger partial charge in [0.05, 0.1) is 30.7 Å². The van der Waals surface area contributed by atoms with E-state index in [9.17, 15) is 9.59 Å². The summed E-state index contributed by atoms with van der Waals surface area (Å²) in [5.41, 5.74) is 1.40. The fourth-order valence-corrected chi connectivity index (χ4v) is 2.86. The van der Waals surface area contributed by atoms with Crippen LogP contribution in [-0.4, -0.2) is 24.2 Å². The van der Waals surface area contributed by atoms with Gasteiger partial charge in [-0.25, -0.2) is 4.79 Å². The summed E-state index contributed by atoms with van der Waals surface area (Å²) in [7, 11) is 1.28. The van der Waals surface area contributed by atoms with Crippen molar-refractivity contribution in [1.82, 2.24) is 0 Å². The molecular formula is C17H13NO4S. The van der Waals surface area contributed by atoms with Crippen LogP contribution in [0.1, 0.15) is 21.5 Å². The van der Waals surface area contributed by atoms with Gasteiger partial charge in [-0.3, -0.25) is 4.79 Å². The molecule has 6 heteroatoms. The number of hydrogen-bond donors (Lipinski definition) is 1. The highest BCUT2D eigenvalue weighted by molar-refractivity contribution is 7.99. The largest absolute Gasteiger partial charge is 0.481 e. The topological polar surface area (TPSA) is 87.4 Å². The molecule has 0 aliphatic heterocycles. The normalized spacial score (nSPS) is 9.91. The van der Waals surface area contributed by atoms with E-state index in [1.165, 1.54) is 24.9 Å². The molecule has 2 aromatic carbocycles. The number of carboxylic acid groups (broad SMARTS) is 1. The molecule has 0 atom stereocenters. The molecule has 0 aliphatic rings. The van der Waals surface area contributed by atoms with Crippen molar-refractivity contribution in [3.63, 3.8) is 0 Å². The molecule has 0 amide bonds. The number of aliphatic carboxylic acids is 1. The summed E-state index contributed by atoms with van der Waals surface area (Å²) < 4.78 is 4.77. The van der Waals surface area contributed by atoms with Gasteiger partial charge in [-0.1, -0.05) is 17.8 Å². The Bertz CT molecular complexity index is 778. The van der Waals surface area contributed by atoms with Gasteiger partial charge in [-0.05, 0) is 42.0 Å². The summed E-state index contributed by atoms with van der Waals surface area (Å²) in [4.78, 5) is 24.3. The standard InChI is InChI=1S/C17H13NO4S/c1-22-17(21)14-8-12(9-16(19)20)4-7-15(14)23-13-5-2-11(10-18)3-6-13/h2-8H,9H2,1H3,(H,19,20). The second-order valence-electron chi connectivity index (χ2n) is 4.63. The minimum absolute atomic E-state index is 0.161. The van der Waals surface area contributed by atoms with Crippen LogP contribution in [0, 0.1) is 11.3 Å². The first kappa shape index (κ1) is 16.6. The fraction of sp³-hybridized carbons (Fsp3) is 0.118. The first-order chi connectivity index (χ1) is 11.0. The highest BCUT2D eigenvalue weighted by Gasteiger charge is 2.15. The van der Waals surface area contributed by atoms with Crippen molar-refractivity contribution in [2.24, 2.45) is 0 Å². The maximum absolute atomic E-state index is 11.9. The van der Waals surface area contributed by atoms with Crippen LogP contribution >= 0.6 is 11.8 Å². The zero-order chi connectivity index (χ0) is 16.8. The van der Waals surface area contributed by atoms with E-state index in [4.69, 9.17) is 15.1 Å². The molecule has 2 rings (SSSR count). The Balaban J connectivity index is 2.34. The van der Waals surface area contributed by atoms with Crippen LogP contribution in [0.4, 0.5) is 0 Å². The second-order valence-corrected chi connectivity index (χ2v) is 5.75. The van der Waals surface area contributed by atoms with Crippen LogP contribution < -0.4 is 0 Å². The number of nitrogens with zero attached hydrogens (tertiary/aromatic N) is 1. The van der Waals surface area contributed by atoms with Crippen LogP contribution in [0.25, 0.3) is 0 Å². The highest BCUT2D eigenvalue weighted by atomic mass is 32.2. The van der Waals surface area contributed by atoms with Crippen molar-refractivity contribution in [3.8, 4) is 6.07 Å². The average Bonchev–Trinajstić information content (AvgIpc) is 2.55. The molecule has 0 saturated carbocycles. The first-order valence-electron chi connectivity index (χ1n) is 6.64. The lowest BCUT2D eigenvalue weighted by Crippen LogP contribution is -2.06. The molecular weight excluding hydrogens is 314 g/mol. The van der Waals surface area contributed by atoms with Gasteiger partial charge in [0.15, 0.2) is 0 Å². The van der Waals surface area contributed by atoms with Crippen molar-refractivity contribution < 1.29 is 19.4 Å². The zero-order valence-electron chi connectivity index (χ0n) is 12.3. The van der Waals surface area contributed by atoms with E-state index in [-0.39, 0.29) is 6.42 Å². The molecule has 23 heavy (non-hydrogen) atoms. The smallest absolute Gasteiger partial charge is 0.339 e. The number of ether oxygens (including phenoxy) is 1. The van der Waals surface area contributed by atoms with Crippen molar-refractivity contribution >= 4 is 23.7 Å². The summed E-state index contributed by atoms with van der Waals surface area (Å²) in [6.45, 7) is 0. The van der Waals surface area contributed by atoms with E-state index in [0.717, 1.165) is 4.90 Å². The zero-order valence-corrected chi connectivity index (χ0v) is 13.1. The monoisotopic (exact) mass is 327 g/mol. The molecule has 2 aromatic rings. The van der Waals surface area contributed by atoms with Gasteiger partial charge in [0, 0.05) is 9.79 Å². The molecule has 5 nitrogen and oxygen atoms in total. The van der Waals surface area contributed by atoms with E-state index in [0.29, 0.717) is 21.6 Å². The number of carbonyl (C=O) groups excluding carboxylic acids is 1. The molecule has 0 unspecified atom stereocenters. The number of esters is 1. The summed E-state index contributed by atoms with van der Waals surface area (Å²) >= 11 is 1.35. The number of benzene rings is 2. The number of hydrogen-bond acceptors (Lipinski definition) is 5. The number of carbonyl (C=O) groups is 2. The number of methoxy groups -OCH3 is 1. The van der Waals surface area contributed by atoms with Crippen molar-refractivity contribution in [2.75, 3.05) is 7.11 Å². The Morgan fingerprint density at radius 2 is 1.91 bits per heavy atom. The Labute approximate surface area is 137 Å². The SMILES string of the molecule is COC(=O)c1cc(CC(=O)O)ccc1Sc1ccc(C#N)cc1. The van der Waals surface area contributed by atoms with Crippen LogP contribution in [0.15, 0.2) is 52.3 Å². The lowest BCUT2D eigenvalue weighted by Gasteiger charge is -2.09. The van der Waals surface area contributed by atoms with E-state index < -0.39 is 11.9 Å². The quantitative estimate of drug-likeness (QED) is 0.849. The summed E-state index contributed by atoms with van der Waals surface area (Å²) in [5, 5.41) is 17.7. The van der Waals surface area contributed by atoms with Gasteiger partial charge < -0.3 is 9.84 Å². The highest BCUT2D eigenvalue weighted by Crippen LogP contribution is 2.31. The number of rotatable bonds is 5. The minimum atomic E-state index is -0.965. The predicted octanol–water partition coefficient (Wildman–Crippen LogP) is 3.12. The van der Waals surface area contributed by atoms with Gasteiger partial charge in [0.25, 0.3) is 0 Å². The molecule has 0 bridgehead atoms. The molecule has 0 heterocycles. The Kier molecular flexibility index (Phi) is 5.39. The van der Waals surface area contributed by atoms with Crippen molar-refractivity contribution in [3.05, 3.63) is 59.2 Å². The summed E-state index contributed by atoms with van der Waals surface area (Å²) in [6, 6.07) is 13.9. The fourth-order valence-electron chi connectivity index (χ4n) is 1.94. The van der Waals surface area contributed by atoms with Crippen LogP contribution in [0.5, 0.6) is 0 Å². The third kappa shape index (κ3) is 4.34. The molecule has 0 radical (unpaired) electrons. The Hall–Kier alpha value is -2.78. The Morgan fingerprint density at radius 1 is 1.22 bits per heavy atom. The minimum Gasteiger partial charge on any atom is -0.481 e. The summed E-state index contributed by atoms with van der Waals surface area (Å²) in [5.74, 6) is -1.48. The average molecular weight is 327 g/mol. The third-order valence-corrected chi connectivity index (χ3v) is 4.10. The van der Waals surface area contributed by atoms with E-state index in [1.54, 1.807) is 36.4 Å². The van der Waals surface area contributed by atoms with Crippen LogP contribution in [-0.2, 0) is 16.0 Å². The molecule has 116 valence electrons. The lowest BCUT2D eigenvalue weighted by atomic mass is 10.1. The van der Waals surface area contributed by atoms with Crippen molar-refractivity contribution in [1.29, 1.82) is 5.26 Å². The summed E-state index contributed by atoms with van der Waals surface area (Å²) in [6.07, 6.45) is -0.161. The number of nitriles is 1. The van der Waals surface area contributed by atoms with Crippen molar-refractivity contribution in [2.45, 2.75) is 16.2 Å². The van der Waals surface area contributed by atoms with E-state index in [2.05, 4.69) is 0 Å². The molecule has 0 spiro atoms. The van der Waals surface area contributed by atoms with Gasteiger partial charge in [0.1, 0.15) is 0 Å². The maximum atomic E-state index is 11.9. The number of carboxylic acids is 1. The Morgan fingerprint density at radius 3 is 2.48 bits per heavy atom. The molecule has 0 aromatic heterocycles. The third-order valence-electron chi connectivity index (χ3n) is 3.02. The van der Waals surface area contributed by atoms with Gasteiger partial charge >= 0.3 is 11.9 Å². The predicted molar refractivity (Wildman–Crippen MR) is 84.4 cm³/mol. The van der Waals surface area contributed by atoms with Gasteiger partial charge in [-0.2, -0.15) is 5.26 Å². The second kappa shape index (κ2) is 7.47.